The van der Waals surface area contributed by atoms with Crippen molar-refractivity contribution in [2.75, 3.05) is 13.7 Å². The maximum absolute atomic E-state index is 12.8. The maximum Gasteiger partial charge on any atom is 0.238 e. The molecule has 0 bridgehead atoms. The van der Waals surface area contributed by atoms with Crippen LogP contribution in [0.25, 0.3) is 22.3 Å². The molecular formula is C28H32O16. The quantitative estimate of drug-likeness (QED) is 0.147. The fourth-order valence-electron chi connectivity index (χ4n) is 5.08. The molecule has 0 amide bonds. The van der Waals surface area contributed by atoms with Crippen LogP contribution in [-0.2, 0) is 14.2 Å². The van der Waals surface area contributed by atoms with Crippen molar-refractivity contribution in [2.24, 2.45) is 0 Å². The Morgan fingerprint density at radius 2 is 1.57 bits per heavy atom. The van der Waals surface area contributed by atoms with Crippen LogP contribution in [0.3, 0.4) is 0 Å². The number of hydrogen-bond acceptors (Lipinski definition) is 16. The third kappa shape index (κ3) is 5.63. The molecule has 44 heavy (non-hydrogen) atoms. The van der Waals surface area contributed by atoms with Crippen molar-refractivity contribution in [1.82, 2.24) is 0 Å². The summed E-state index contributed by atoms with van der Waals surface area (Å²) in [4.78, 5) is 12.8. The molecular weight excluding hydrogens is 592 g/mol. The smallest absolute Gasteiger partial charge is 0.238 e. The topological polar surface area (TPSA) is 258 Å². The first-order chi connectivity index (χ1) is 20.9. The molecule has 16 nitrogen and oxygen atoms in total. The van der Waals surface area contributed by atoms with E-state index in [9.17, 15) is 50.8 Å². The minimum Gasteiger partial charge on any atom is -0.508 e. The molecule has 2 fully saturated rings. The summed E-state index contributed by atoms with van der Waals surface area (Å²) < 4.78 is 33.7. The van der Waals surface area contributed by atoms with Gasteiger partial charge in [-0.3, -0.25) is 4.79 Å². The molecule has 2 saturated heterocycles. The van der Waals surface area contributed by atoms with Crippen molar-refractivity contribution >= 4 is 11.0 Å². The van der Waals surface area contributed by atoms with Crippen LogP contribution in [0.5, 0.6) is 28.7 Å². The zero-order valence-electron chi connectivity index (χ0n) is 23.3. The standard InChI is InChI=1S/C28H32O16/c1-9-18(32)21(35)24(38)27(40-9)44-26-22(36)19(33)16(8-29)43-28(26)42-13-4-3-10(5-14(13)39-2)25-23(37)20(34)17-12(31)6-11(30)7-15(17)41-25/h3-7,9,16,18-19,21-22,24,26-33,35-38H,8H2,1-2H3/t9-,16+,18-,19-,21+,22-,24-,26+,27-,28+/m0/s1. The minimum atomic E-state index is -1.76. The summed E-state index contributed by atoms with van der Waals surface area (Å²) in [5.41, 5.74) is -1.07. The van der Waals surface area contributed by atoms with Gasteiger partial charge in [-0.1, -0.05) is 0 Å². The molecule has 240 valence electrons. The highest BCUT2D eigenvalue weighted by Gasteiger charge is 2.51. The lowest BCUT2D eigenvalue weighted by atomic mass is 9.97. The second kappa shape index (κ2) is 12.4. The van der Waals surface area contributed by atoms with Crippen LogP contribution in [0.15, 0.2) is 39.5 Å². The molecule has 10 atom stereocenters. The summed E-state index contributed by atoms with van der Waals surface area (Å²) >= 11 is 0. The van der Waals surface area contributed by atoms with Gasteiger partial charge >= 0.3 is 0 Å². The van der Waals surface area contributed by atoms with Crippen LogP contribution in [-0.4, -0.2) is 121 Å². The number of benzene rings is 2. The summed E-state index contributed by atoms with van der Waals surface area (Å²) in [5.74, 6) is -2.23. The summed E-state index contributed by atoms with van der Waals surface area (Å²) in [5, 5.41) is 91.7. The van der Waals surface area contributed by atoms with E-state index in [4.69, 9.17) is 28.1 Å². The lowest BCUT2D eigenvalue weighted by molar-refractivity contribution is -0.354. The molecule has 0 spiro atoms. The van der Waals surface area contributed by atoms with Gasteiger partial charge in [-0.15, -0.1) is 0 Å². The van der Waals surface area contributed by atoms with E-state index in [-0.39, 0.29) is 39.5 Å². The van der Waals surface area contributed by atoms with Crippen LogP contribution in [0.1, 0.15) is 6.92 Å². The van der Waals surface area contributed by atoms with Gasteiger partial charge < -0.3 is 74.1 Å². The van der Waals surface area contributed by atoms with E-state index < -0.39 is 84.9 Å². The third-order valence-electron chi connectivity index (χ3n) is 7.53. The van der Waals surface area contributed by atoms with Crippen molar-refractivity contribution in [3.05, 3.63) is 40.6 Å². The zero-order valence-corrected chi connectivity index (χ0v) is 23.3. The molecule has 2 aliphatic rings. The van der Waals surface area contributed by atoms with Crippen LogP contribution in [0.4, 0.5) is 0 Å². The van der Waals surface area contributed by atoms with E-state index in [0.717, 1.165) is 12.1 Å². The Bertz CT molecular complexity index is 1560. The lowest BCUT2D eigenvalue weighted by Gasteiger charge is -2.45. The Morgan fingerprint density at radius 1 is 0.841 bits per heavy atom. The summed E-state index contributed by atoms with van der Waals surface area (Å²) in [6.45, 7) is 0.693. The first-order valence-electron chi connectivity index (χ1n) is 13.4. The number of fused-ring (bicyclic) bond motifs is 1. The molecule has 2 aliphatic heterocycles. The van der Waals surface area contributed by atoms with Gasteiger partial charge in [0.25, 0.3) is 0 Å². The highest BCUT2D eigenvalue weighted by molar-refractivity contribution is 5.88. The number of rotatable bonds is 7. The van der Waals surface area contributed by atoms with Crippen molar-refractivity contribution < 1.29 is 74.1 Å². The molecule has 5 rings (SSSR count). The normalized spacial score (nSPS) is 32.5. The second-order valence-corrected chi connectivity index (χ2v) is 10.4. The summed E-state index contributed by atoms with van der Waals surface area (Å²) in [6.07, 6.45) is -15.4. The number of methoxy groups -OCH3 is 1. The predicted molar refractivity (Wildman–Crippen MR) is 145 cm³/mol. The second-order valence-electron chi connectivity index (χ2n) is 10.4. The fourth-order valence-corrected chi connectivity index (χ4v) is 5.08. The van der Waals surface area contributed by atoms with Crippen LogP contribution in [0, 0.1) is 0 Å². The van der Waals surface area contributed by atoms with Crippen LogP contribution in [0.2, 0.25) is 0 Å². The van der Waals surface area contributed by atoms with Crippen LogP contribution < -0.4 is 14.9 Å². The van der Waals surface area contributed by atoms with Crippen molar-refractivity contribution in [3.8, 4) is 40.1 Å². The van der Waals surface area contributed by atoms with E-state index in [1.807, 2.05) is 0 Å². The number of aliphatic hydroxyl groups is 6. The lowest BCUT2D eigenvalue weighted by Crippen LogP contribution is -2.64. The number of aliphatic hydroxyl groups excluding tert-OH is 6. The minimum absolute atomic E-state index is 0.0203. The average Bonchev–Trinajstić information content (AvgIpc) is 2.99. The Morgan fingerprint density at radius 3 is 2.25 bits per heavy atom. The van der Waals surface area contributed by atoms with E-state index in [2.05, 4.69) is 0 Å². The van der Waals surface area contributed by atoms with Gasteiger partial charge in [0.2, 0.25) is 17.5 Å². The van der Waals surface area contributed by atoms with E-state index in [0.29, 0.717) is 0 Å². The largest absolute Gasteiger partial charge is 0.508 e. The average molecular weight is 625 g/mol. The van der Waals surface area contributed by atoms with E-state index >= 15 is 0 Å². The van der Waals surface area contributed by atoms with E-state index in [1.165, 1.54) is 32.2 Å². The fraction of sp³-hybridized carbons (Fsp3) is 0.464. The van der Waals surface area contributed by atoms with E-state index in [1.54, 1.807) is 0 Å². The SMILES string of the molecule is COc1cc(-c2oc3cc(O)cc(O)c3c(=O)c2O)ccc1O[C@@H]1O[C@H](CO)[C@H](O)[C@H](O)[C@H]1O[C@@H]1O[C@@H](C)[C@H](O)[C@@H](O)[C@@H]1O. The number of phenolic OH excluding ortho intramolecular Hbond substituents is 2. The molecule has 0 aliphatic carbocycles. The molecule has 0 radical (unpaired) electrons. The number of aromatic hydroxyl groups is 3. The van der Waals surface area contributed by atoms with Gasteiger partial charge in [0.05, 0.1) is 19.8 Å². The van der Waals surface area contributed by atoms with Gasteiger partial charge in [0.15, 0.2) is 29.7 Å². The molecule has 9 N–H and O–H groups in total. The van der Waals surface area contributed by atoms with Gasteiger partial charge in [-0.2, -0.15) is 0 Å². The summed E-state index contributed by atoms with van der Waals surface area (Å²) in [6, 6.07) is 5.98. The number of hydrogen-bond donors (Lipinski definition) is 9. The zero-order chi connectivity index (χ0) is 32.0. The molecule has 1 aromatic heterocycles. The monoisotopic (exact) mass is 624 g/mol. The van der Waals surface area contributed by atoms with Crippen molar-refractivity contribution in [2.45, 2.75) is 68.3 Å². The molecule has 0 saturated carbocycles. The molecule has 3 heterocycles. The predicted octanol–water partition coefficient (Wildman–Crippen LogP) is -1.38. The van der Waals surface area contributed by atoms with Gasteiger partial charge in [-0.05, 0) is 25.1 Å². The molecule has 16 heteroatoms. The molecule has 2 aromatic carbocycles. The highest BCUT2D eigenvalue weighted by Crippen LogP contribution is 2.40. The van der Waals surface area contributed by atoms with Crippen molar-refractivity contribution in [1.29, 1.82) is 0 Å². The highest BCUT2D eigenvalue weighted by atomic mass is 16.8. The Labute approximate surface area is 248 Å². The Hall–Kier alpha value is -3.71. The Balaban J connectivity index is 1.47. The third-order valence-corrected chi connectivity index (χ3v) is 7.53. The first-order valence-corrected chi connectivity index (χ1v) is 13.4. The Kier molecular flexibility index (Phi) is 8.90. The van der Waals surface area contributed by atoms with Gasteiger partial charge in [-0.25, -0.2) is 0 Å². The van der Waals surface area contributed by atoms with Crippen molar-refractivity contribution in [3.63, 3.8) is 0 Å². The maximum atomic E-state index is 12.8. The summed E-state index contributed by atoms with van der Waals surface area (Å²) in [7, 11) is 1.27. The number of ether oxygens (including phenoxy) is 5. The first kappa shape index (κ1) is 31.7. The number of phenols is 2. The van der Waals surface area contributed by atoms with Gasteiger partial charge in [0, 0.05) is 17.7 Å². The molecule has 0 unspecified atom stereocenters. The molecule has 3 aromatic rings. The van der Waals surface area contributed by atoms with Crippen LogP contribution >= 0.6 is 0 Å². The van der Waals surface area contributed by atoms with Gasteiger partial charge in [0.1, 0.15) is 59.1 Å².